The number of benzene rings is 1. The highest BCUT2D eigenvalue weighted by Gasteiger charge is 2.28. The zero-order valence-corrected chi connectivity index (χ0v) is 15.5. The van der Waals surface area contributed by atoms with Crippen LogP contribution in [0.3, 0.4) is 0 Å². The van der Waals surface area contributed by atoms with E-state index in [0.717, 1.165) is 24.8 Å². The van der Waals surface area contributed by atoms with Gasteiger partial charge >= 0.3 is 0 Å². The molecule has 6 heteroatoms. The van der Waals surface area contributed by atoms with Crippen molar-refractivity contribution in [1.29, 1.82) is 0 Å². The Kier molecular flexibility index (Phi) is 5.08. The van der Waals surface area contributed by atoms with E-state index in [1.807, 2.05) is 18.2 Å². The summed E-state index contributed by atoms with van der Waals surface area (Å²) in [7, 11) is 1.59. The zero-order chi connectivity index (χ0) is 18.0. The highest BCUT2D eigenvalue weighted by Crippen LogP contribution is 2.40. The summed E-state index contributed by atoms with van der Waals surface area (Å²) in [5.74, 6) is 0.929. The van der Waals surface area contributed by atoms with E-state index in [4.69, 9.17) is 4.74 Å². The van der Waals surface area contributed by atoms with E-state index in [-0.39, 0.29) is 11.8 Å². The normalized spacial score (nSPS) is 16.0. The molecule has 1 atom stereocenters. The van der Waals surface area contributed by atoms with Crippen molar-refractivity contribution < 1.29 is 14.3 Å². The second-order valence-corrected chi connectivity index (χ2v) is 7.53. The molecular weight excluding hydrogens is 336 g/mol. The molecule has 1 aromatic carbocycles. The molecule has 25 heavy (non-hydrogen) atoms. The molecule has 0 spiro atoms. The van der Waals surface area contributed by atoms with Crippen LogP contribution >= 0.6 is 11.3 Å². The van der Waals surface area contributed by atoms with Crippen molar-refractivity contribution in [3.8, 4) is 5.75 Å². The standard InChI is InChI=1S/C19H22N2O3S/c1-11-7-8-15-16(9-11)25-19(20-12(2)22)17(15)18(23)21-13-5-4-6-14(10-13)24-3/h4-6,10-11H,7-9H2,1-3H3,(H,20,22)(H,21,23)/t11-/m0/s1. The number of carbonyl (C=O) groups is 2. The third-order valence-corrected chi connectivity index (χ3v) is 5.53. The molecule has 0 fully saturated rings. The molecule has 2 amide bonds. The van der Waals surface area contributed by atoms with Crippen molar-refractivity contribution in [3.05, 3.63) is 40.3 Å². The Labute approximate surface area is 151 Å². The maximum Gasteiger partial charge on any atom is 0.258 e. The molecule has 0 bridgehead atoms. The third kappa shape index (κ3) is 3.85. The first-order chi connectivity index (χ1) is 12.0. The van der Waals surface area contributed by atoms with E-state index in [1.165, 1.54) is 23.1 Å². The van der Waals surface area contributed by atoms with E-state index in [1.54, 1.807) is 13.2 Å². The highest BCUT2D eigenvalue weighted by atomic mass is 32.1. The molecule has 0 unspecified atom stereocenters. The fourth-order valence-corrected chi connectivity index (χ4v) is 4.59. The number of hydrogen-bond donors (Lipinski definition) is 2. The van der Waals surface area contributed by atoms with Gasteiger partial charge in [0.25, 0.3) is 5.91 Å². The molecule has 0 radical (unpaired) electrons. The van der Waals surface area contributed by atoms with Crippen LogP contribution in [0.2, 0.25) is 0 Å². The van der Waals surface area contributed by atoms with Gasteiger partial charge in [-0.15, -0.1) is 11.3 Å². The number of hydrogen-bond acceptors (Lipinski definition) is 4. The first kappa shape index (κ1) is 17.5. The van der Waals surface area contributed by atoms with E-state index >= 15 is 0 Å². The van der Waals surface area contributed by atoms with E-state index < -0.39 is 0 Å². The maximum absolute atomic E-state index is 12.9. The lowest BCUT2D eigenvalue weighted by molar-refractivity contribution is -0.114. The quantitative estimate of drug-likeness (QED) is 0.865. The minimum absolute atomic E-state index is 0.165. The Hall–Kier alpha value is -2.34. The zero-order valence-electron chi connectivity index (χ0n) is 14.6. The molecule has 1 aliphatic carbocycles. The van der Waals surface area contributed by atoms with Crippen molar-refractivity contribution in [2.45, 2.75) is 33.1 Å². The van der Waals surface area contributed by atoms with Crippen molar-refractivity contribution in [2.75, 3.05) is 17.7 Å². The molecule has 0 saturated carbocycles. The minimum Gasteiger partial charge on any atom is -0.497 e. The maximum atomic E-state index is 12.9. The van der Waals surface area contributed by atoms with Crippen LogP contribution in [0.15, 0.2) is 24.3 Å². The Morgan fingerprint density at radius 1 is 1.28 bits per heavy atom. The number of methoxy groups -OCH3 is 1. The topological polar surface area (TPSA) is 67.4 Å². The molecule has 2 aromatic rings. The Morgan fingerprint density at radius 2 is 2.08 bits per heavy atom. The summed E-state index contributed by atoms with van der Waals surface area (Å²) in [6.45, 7) is 3.68. The number of nitrogens with one attached hydrogen (secondary N) is 2. The van der Waals surface area contributed by atoms with Gasteiger partial charge in [0.05, 0.1) is 12.7 Å². The number of thiophene rings is 1. The Morgan fingerprint density at radius 3 is 2.80 bits per heavy atom. The van der Waals surface area contributed by atoms with E-state index in [2.05, 4.69) is 17.6 Å². The monoisotopic (exact) mass is 358 g/mol. The van der Waals surface area contributed by atoms with Crippen molar-refractivity contribution >= 4 is 33.8 Å². The first-order valence-corrected chi connectivity index (χ1v) is 9.17. The largest absolute Gasteiger partial charge is 0.497 e. The SMILES string of the molecule is COc1cccc(NC(=O)c2c(NC(C)=O)sc3c2CC[C@H](C)C3)c1. The summed E-state index contributed by atoms with van der Waals surface area (Å²) in [4.78, 5) is 25.7. The van der Waals surface area contributed by atoms with Crippen LogP contribution in [0, 0.1) is 5.92 Å². The number of rotatable bonds is 4. The van der Waals surface area contributed by atoms with Gasteiger partial charge in [-0.05, 0) is 42.9 Å². The smallest absolute Gasteiger partial charge is 0.258 e. The Balaban J connectivity index is 1.93. The molecule has 5 nitrogen and oxygen atoms in total. The molecule has 132 valence electrons. The number of amides is 2. The summed E-state index contributed by atoms with van der Waals surface area (Å²) in [5, 5.41) is 6.40. The van der Waals surface area contributed by atoms with E-state index in [9.17, 15) is 9.59 Å². The summed E-state index contributed by atoms with van der Waals surface area (Å²) in [6, 6.07) is 7.25. The second kappa shape index (κ2) is 7.27. The van der Waals surface area contributed by atoms with Gasteiger partial charge in [0.1, 0.15) is 10.8 Å². The minimum atomic E-state index is -0.191. The average Bonchev–Trinajstić information content (AvgIpc) is 2.91. The molecule has 2 N–H and O–H groups in total. The molecule has 0 saturated heterocycles. The van der Waals surface area contributed by atoms with Gasteiger partial charge in [-0.3, -0.25) is 9.59 Å². The third-order valence-electron chi connectivity index (χ3n) is 4.36. The Bertz CT molecular complexity index is 813. The van der Waals surface area contributed by atoms with E-state index in [0.29, 0.717) is 27.9 Å². The molecule has 1 aliphatic rings. The van der Waals surface area contributed by atoms with Crippen molar-refractivity contribution in [1.82, 2.24) is 0 Å². The van der Waals surface area contributed by atoms with Gasteiger partial charge in [0.2, 0.25) is 5.91 Å². The van der Waals surface area contributed by atoms with Crippen LogP contribution < -0.4 is 15.4 Å². The predicted octanol–water partition coefficient (Wildman–Crippen LogP) is 4.09. The van der Waals surface area contributed by atoms with Crippen molar-refractivity contribution in [2.24, 2.45) is 5.92 Å². The van der Waals surface area contributed by atoms with Crippen molar-refractivity contribution in [3.63, 3.8) is 0 Å². The first-order valence-electron chi connectivity index (χ1n) is 8.35. The molecular formula is C19H22N2O3S. The fourth-order valence-electron chi connectivity index (χ4n) is 3.13. The van der Waals surface area contributed by atoms with Gasteiger partial charge in [-0.25, -0.2) is 0 Å². The fraction of sp³-hybridized carbons (Fsp3) is 0.368. The molecule has 1 heterocycles. The van der Waals surface area contributed by atoms with Gasteiger partial charge < -0.3 is 15.4 Å². The number of fused-ring (bicyclic) bond motifs is 1. The summed E-state index contributed by atoms with van der Waals surface area (Å²) < 4.78 is 5.20. The van der Waals surface area contributed by atoms with Crippen LogP contribution in [-0.4, -0.2) is 18.9 Å². The molecule has 3 rings (SSSR count). The van der Waals surface area contributed by atoms with Crippen LogP contribution in [-0.2, 0) is 17.6 Å². The van der Waals surface area contributed by atoms with Gasteiger partial charge in [0, 0.05) is 23.6 Å². The summed E-state index contributed by atoms with van der Waals surface area (Å²) >= 11 is 1.52. The van der Waals surface area contributed by atoms with Crippen LogP contribution in [0.5, 0.6) is 5.75 Å². The summed E-state index contributed by atoms with van der Waals surface area (Å²) in [6.07, 6.45) is 2.88. The van der Waals surface area contributed by atoms with Gasteiger partial charge in [0.15, 0.2) is 0 Å². The molecule has 0 aliphatic heterocycles. The van der Waals surface area contributed by atoms with Crippen LogP contribution in [0.25, 0.3) is 0 Å². The van der Waals surface area contributed by atoms with Gasteiger partial charge in [-0.2, -0.15) is 0 Å². The number of anilines is 2. The number of carbonyl (C=O) groups excluding carboxylic acids is 2. The lowest BCUT2D eigenvalue weighted by atomic mass is 9.88. The number of ether oxygens (including phenoxy) is 1. The molecule has 1 aromatic heterocycles. The summed E-state index contributed by atoms with van der Waals surface area (Å²) in [5.41, 5.74) is 2.35. The predicted molar refractivity (Wildman–Crippen MR) is 101 cm³/mol. The average molecular weight is 358 g/mol. The lowest BCUT2D eigenvalue weighted by Crippen LogP contribution is -2.18. The highest BCUT2D eigenvalue weighted by molar-refractivity contribution is 7.17. The lowest BCUT2D eigenvalue weighted by Gasteiger charge is -2.18. The van der Waals surface area contributed by atoms with Crippen LogP contribution in [0.1, 0.15) is 41.1 Å². The second-order valence-electron chi connectivity index (χ2n) is 6.42. The van der Waals surface area contributed by atoms with Gasteiger partial charge in [-0.1, -0.05) is 13.0 Å². The van der Waals surface area contributed by atoms with Crippen LogP contribution in [0.4, 0.5) is 10.7 Å².